The smallest absolute Gasteiger partial charge is 0.336 e. The van der Waals surface area contributed by atoms with Gasteiger partial charge in [0.15, 0.2) is 0 Å². The van der Waals surface area contributed by atoms with Gasteiger partial charge in [-0.05, 0) is 48.2 Å². The molecule has 0 saturated heterocycles. The minimum absolute atomic E-state index is 0.311. The van der Waals surface area contributed by atoms with Crippen molar-refractivity contribution in [3.63, 3.8) is 0 Å². The summed E-state index contributed by atoms with van der Waals surface area (Å²) in [6, 6.07) is 11.7. The van der Waals surface area contributed by atoms with Crippen molar-refractivity contribution in [2.45, 2.75) is 26.7 Å². The van der Waals surface area contributed by atoms with Crippen molar-refractivity contribution in [2.75, 3.05) is 0 Å². The van der Waals surface area contributed by atoms with Gasteiger partial charge in [-0.1, -0.05) is 41.4 Å². The highest BCUT2D eigenvalue weighted by atomic mass is 79.9. The molecule has 0 N–H and O–H groups in total. The van der Waals surface area contributed by atoms with E-state index in [1.807, 2.05) is 25.1 Å². The van der Waals surface area contributed by atoms with Crippen molar-refractivity contribution in [1.29, 1.82) is 0 Å². The third-order valence-corrected chi connectivity index (χ3v) is 5.03. The van der Waals surface area contributed by atoms with Crippen molar-refractivity contribution in [3.8, 4) is 11.1 Å². The number of fused-ring (bicyclic) bond motifs is 3. The highest BCUT2D eigenvalue weighted by Gasteiger charge is 2.18. The standard InChI is InChI=1S/C21H17BrO3/c1-3-4-14-10-18(23)25-17-9-12(2)19-16(11-24-21(19)20(14)17)13-5-7-15(22)8-6-13/h5-11H,3-4H2,1-2H3. The van der Waals surface area contributed by atoms with Crippen LogP contribution in [0, 0.1) is 6.92 Å². The monoisotopic (exact) mass is 396 g/mol. The molecule has 2 aromatic carbocycles. The van der Waals surface area contributed by atoms with Crippen LogP contribution in [0.25, 0.3) is 33.1 Å². The Labute approximate surface area is 153 Å². The Balaban J connectivity index is 2.09. The maximum Gasteiger partial charge on any atom is 0.336 e. The molecule has 0 fully saturated rings. The zero-order chi connectivity index (χ0) is 17.6. The molecule has 4 rings (SSSR count). The molecule has 0 radical (unpaired) electrons. The van der Waals surface area contributed by atoms with Gasteiger partial charge in [0, 0.05) is 21.5 Å². The molecule has 2 heterocycles. The first kappa shape index (κ1) is 16.2. The van der Waals surface area contributed by atoms with Crippen molar-refractivity contribution in [1.82, 2.24) is 0 Å². The fraction of sp³-hybridized carbons (Fsp3) is 0.190. The van der Waals surface area contributed by atoms with Gasteiger partial charge in [0.2, 0.25) is 0 Å². The Kier molecular flexibility index (Phi) is 4.00. The highest BCUT2D eigenvalue weighted by molar-refractivity contribution is 9.10. The Hall–Kier alpha value is -2.33. The third kappa shape index (κ3) is 2.71. The SMILES string of the molecule is CCCc1cc(=O)oc2cc(C)c3c(-c4ccc(Br)cc4)coc3c12. The molecule has 126 valence electrons. The van der Waals surface area contributed by atoms with E-state index >= 15 is 0 Å². The average Bonchev–Trinajstić information content (AvgIpc) is 3.01. The van der Waals surface area contributed by atoms with Crippen LogP contribution in [-0.2, 0) is 6.42 Å². The largest absolute Gasteiger partial charge is 0.463 e. The van der Waals surface area contributed by atoms with E-state index in [-0.39, 0.29) is 5.63 Å². The molecule has 0 aliphatic heterocycles. The van der Waals surface area contributed by atoms with Crippen LogP contribution in [0.5, 0.6) is 0 Å². The van der Waals surface area contributed by atoms with E-state index in [2.05, 4.69) is 35.0 Å². The first-order valence-corrected chi connectivity index (χ1v) is 9.11. The van der Waals surface area contributed by atoms with Crippen LogP contribution in [0.4, 0.5) is 0 Å². The molecule has 25 heavy (non-hydrogen) atoms. The van der Waals surface area contributed by atoms with Crippen molar-refractivity contribution >= 4 is 37.9 Å². The Morgan fingerprint density at radius 3 is 2.56 bits per heavy atom. The lowest BCUT2D eigenvalue weighted by Crippen LogP contribution is -2.01. The second kappa shape index (κ2) is 6.19. The summed E-state index contributed by atoms with van der Waals surface area (Å²) < 4.78 is 12.5. The van der Waals surface area contributed by atoms with Crippen LogP contribution < -0.4 is 5.63 Å². The summed E-state index contributed by atoms with van der Waals surface area (Å²) in [5, 5.41) is 1.98. The summed E-state index contributed by atoms with van der Waals surface area (Å²) in [6.07, 6.45) is 3.56. The predicted octanol–water partition coefficient (Wildman–Crippen LogP) is 6.23. The van der Waals surface area contributed by atoms with Gasteiger partial charge in [-0.15, -0.1) is 0 Å². The lowest BCUT2D eigenvalue weighted by molar-refractivity contribution is 0.557. The molecule has 0 unspecified atom stereocenters. The summed E-state index contributed by atoms with van der Waals surface area (Å²) in [5.74, 6) is 0. The van der Waals surface area contributed by atoms with Gasteiger partial charge in [-0.3, -0.25) is 0 Å². The van der Waals surface area contributed by atoms with Crippen LogP contribution in [0.15, 0.2) is 60.8 Å². The molecule has 4 heteroatoms. The Bertz CT molecular complexity index is 1130. The molecular formula is C21H17BrO3. The third-order valence-electron chi connectivity index (χ3n) is 4.50. The van der Waals surface area contributed by atoms with Crippen molar-refractivity contribution in [3.05, 3.63) is 68.7 Å². The Morgan fingerprint density at radius 2 is 1.84 bits per heavy atom. The first-order valence-electron chi connectivity index (χ1n) is 8.32. The maximum absolute atomic E-state index is 11.9. The summed E-state index contributed by atoms with van der Waals surface area (Å²) >= 11 is 3.47. The molecule has 0 atom stereocenters. The van der Waals surface area contributed by atoms with Crippen LogP contribution in [-0.4, -0.2) is 0 Å². The zero-order valence-electron chi connectivity index (χ0n) is 14.1. The average molecular weight is 397 g/mol. The van der Waals surface area contributed by atoms with Crippen LogP contribution in [0.1, 0.15) is 24.5 Å². The minimum atomic E-state index is -0.311. The summed E-state index contributed by atoms with van der Waals surface area (Å²) in [7, 11) is 0. The van der Waals surface area contributed by atoms with Gasteiger partial charge in [-0.25, -0.2) is 4.79 Å². The molecule has 2 aromatic heterocycles. The highest BCUT2D eigenvalue weighted by Crippen LogP contribution is 2.38. The van der Waals surface area contributed by atoms with E-state index in [1.54, 1.807) is 12.3 Å². The van der Waals surface area contributed by atoms with Crippen molar-refractivity contribution in [2.24, 2.45) is 0 Å². The number of hydrogen-bond donors (Lipinski definition) is 0. The van der Waals surface area contributed by atoms with E-state index in [9.17, 15) is 4.79 Å². The van der Waals surface area contributed by atoms with E-state index < -0.39 is 0 Å². The van der Waals surface area contributed by atoms with E-state index in [1.165, 1.54) is 0 Å². The first-order chi connectivity index (χ1) is 12.1. The quantitative estimate of drug-likeness (QED) is 0.385. The number of rotatable bonds is 3. The molecule has 3 nitrogen and oxygen atoms in total. The minimum Gasteiger partial charge on any atom is -0.463 e. The van der Waals surface area contributed by atoms with Crippen LogP contribution in [0.2, 0.25) is 0 Å². The van der Waals surface area contributed by atoms with Crippen LogP contribution >= 0.6 is 15.9 Å². The van der Waals surface area contributed by atoms with Gasteiger partial charge >= 0.3 is 5.63 Å². The van der Waals surface area contributed by atoms with Crippen molar-refractivity contribution < 1.29 is 8.83 Å². The molecule has 0 bridgehead atoms. The molecule has 4 aromatic rings. The number of aryl methyl sites for hydroxylation is 2. The topological polar surface area (TPSA) is 43.4 Å². The fourth-order valence-corrected chi connectivity index (χ4v) is 3.70. The number of hydrogen-bond acceptors (Lipinski definition) is 3. The number of halogens is 1. The second-order valence-corrected chi connectivity index (χ2v) is 7.18. The molecule has 0 aliphatic carbocycles. The van der Waals surface area contributed by atoms with Crippen LogP contribution in [0.3, 0.4) is 0 Å². The number of benzene rings is 2. The summed E-state index contributed by atoms with van der Waals surface area (Å²) in [6.45, 7) is 4.12. The fourth-order valence-electron chi connectivity index (χ4n) is 3.43. The lowest BCUT2D eigenvalue weighted by Gasteiger charge is -2.07. The van der Waals surface area contributed by atoms with Gasteiger partial charge in [0.25, 0.3) is 0 Å². The molecule has 0 amide bonds. The lowest BCUT2D eigenvalue weighted by atomic mass is 9.97. The number of furan rings is 1. The summed E-state index contributed by atoms with van der Waals surface area (Å²) in [4.78, 5) is 11.9. The zero-order valence-corrected chi connectivity index (χ0v) is 15.6. The van der Waals surface area contributed by atoms with E-state index in [0.717, 1.165) is 55.9 Å². The predicted molar refractivity (Wildman–Crippen MR) is 104 cm³/mol. The van der Waals surface area contributed by atoms with E-state index in [4.69, 9.17) is 8.83 Å². The molecular weight excluding hydrogens is 380 g/mol. The van der Waals surface area contributed by atoms with Gasteiger partial charge < -0.3 is 8.83 Å². The Morgan fingerprint density at radius 1 is 1.08 bits per heavy atom. The molecule has 0 aliphatic rings. The summed E-state index contributed by atoms with van der Waals surface area (Å²) in [5.41, 5.74) is 5.24. The normalized spacial score (nSPS) is 11.5. The van der Waals surface area contributed by atoms with E-state index in [0.29, 0.717) is 5.58 Å². The molecule has 0 spiro atoms. The maximum atomic E-state index is 11.9. The van der Waals surface area contributed by atoms with Gasteiger partial charge in [-0.2, -0.15) is 0 Å². The van der Waals surface area contributed by atoms with Gasteiger partial charge in [0.1, 0.15) is 11.2 Å². The van der Waals surface area contributed by atoms with Gasteiger partial charge in [0.05, 0.1) is 11.6 Å². The second-order valence-electron chi connectivity index (χ2n) is 6.27. The molecule has 0 saturated carbocycles.